The van der Waals surface area contributed by atoms with Crippen molar-refractivity contribution in [1.82, 2.24) is 4.98 Å². The Morgan fingerprint density at radius 1 is 0.966 bits per heavy atom. The Morgan fingerprint density at radius 2 is 1.55 bits per heavy atom. The summed E-state index contributed by atoms with van der Waals surface area (Å²) in [5.74, 6) is 0. The highest BCUT2D eigenvalue weighted by atomic mass is 35.5. The van der Waals surface area contributed by atoms with Crippen LogP contribution in [0.2, 0.25) is 5.02 Å². The molecule has 1 atom stereocenters. The van der Waals surface area contributed by atoms with Crippen LogP contribution in [0.25, 0.3) is 11.1 Å². The summed E-state index contributed by atoms with van der Waals surface area (Å²) in [5.41, 5.74) is -2.86. The van der Waals surface area contributed by atoms with Crippen molar-refractivity contribution in [3.8, 4) is 11.1 Å². The maximum atomic E-state index is 13.8. The van der Waals surface area contributed by atoms with Crippen molar-refractivity contribution in [2.24, 2.45) is 0 Å². The fourth-order valence-electron chi connectivity index (χ4n) is 3.22. The number of hydrogen-bond donors (Lipinski definition) is 1. The molecule has 0 aliphatic rings. The second-order valence-electron chi connectivity index (χ2n) is 6.38. The molecular formula is C21H15ClF5NO. The topological polar surface area (TPSA) is 33.1 Å². The highest BCUT2D eigenvalue weighted by molar-refractivity contribution is 6.30. The maximum Gasteiger partial charge on any atom is 0.433 e. The van der Waals surface area contributed by atoms with Crippen molar-refractivity contribution in [2.45, 2.75) is 25.6 Å². The van der Waals surface area contributed by atoms with E-state index in [2.05, 4.69) is 4.98 Å². The van der Waals surface area contributed by atoms with Gasteiger partial charge in [0.2, 0.25) is 0 Å². The number of hydrogen-bond acceptors (Lipinski definition) is 2. The van der Waals surface area contributed by atoms with Crippen LogP contribution in [0.3, 0.4) is 0 Å². The summed E-state index contributed by atoms with van der Waals surface area (Å²) in [6.45, 7) is 1.16. The van der Waals surface area contributed by atoms with E-state index in [-0.39, 0.29) is 27.8 Å². The molecule has 1 unspecified atom stereocenters. The first-order valence-corrected chi connectivity index (χ1v) is 8.87. The zero-order chi connectivity index (χ0) is 21.3. The van der Waals surface area contributed by atoms with Gasteiger partial charge in [-0.15, -0.1) is 0 Å². The van der Waals surface area contributed by atoms with E-state index in [0.29, 0.717) is 5.02 Å². The van der Waals surface area contributed by atoms with Crippen molar-refractivity contribution in [1.29, 1.82) is 0 Å². The molecule has 3 rings (SSSR count). The third-order valence-corrected chi connectivity index (χ3v) is 4.76. The van der Waals surface area contributed by atoms with E-state index >= 15 is 0 Å². The van der Waals surface area contributed by atoms with E-state index in [1.165, 1.54) is 36.4 Å². The molecule has 0 saturated heterocycles. The van der Waals surface area contributed by atoms with Gasteiger partial charge in [-0.3, -0.25) is 0 Å². The number of alkyl halides is 5. The van der Waals surface area contributed by atoms with Gasteiger partial charge in [-0.2, -0.15) is 13.2 Å². The number of rotatable bonds is 4. The second-order valence-corrected chi connectivity index (χ2v) is 6.81. The molecule has 0 radical (unpaired) electrons. The molecule has 0 spiro atoms. The third kappa shape index (κ3) is 4.26. The molecule has 0 aliphatic carbocycles. The Hall–Kier alpha value is -2.51. The van der Waals surface area contributed by atoms with E-state index < -0.39 is 30.1 Å². The van der Waals surface area contributed by atoms with Gasteiger partial charge < -0.3 is 5.11 Å². The monoisotopic (exact) mass is 427 g/mol. The quantitative estimate of drug-likeness (QED) is 0.467. The number of nitrogens with zero attached hydrogens (tertiary/aromatic N) is 1. The summed E-state index contributed by atoms with van der Waals surface area (Å²) in [4.78, 5) is 3.23. The average Bonchev–Trinajstić information content (AvgIpc) is 2.67. The van der Waals surface area contributed by atoms with Gasteiger partial charge in [0.15, 0.2) is 0 Å². The summed E-state index contributed by atoms with van der Waals surface area (Å²) in [6, 6.07) is 13.5. The van der Waals surface area contributed by atoms with Crippen LogP contribution in [-0.2, 0) is 6.18 Å². The molecule has 2 aromatic carbocycles. The summed E-state index contributed by atoms with van der Waals surface area (Å²) >= 11 is 5.83. The molecule has 1 N–H and O–H groups in total. The maximum absolute atomic E-state index is 13.8. The number of pyridine rings is 1. The van der Waals surface area contributed by atoms with Gasteiger partial charge in [0.25, 0.3) is 6.43 Å². The molecule has 0 bridgehead atoms. The lowest BCUT2D eigenvalue weighted by Gasteiger charge is -2.24. The zero-order valence-corrected chi connectivity index (χ0v) is 15.8. The molecule has 0 amide bonds. The van der Waals surface area contributed by atoms with Gasteiger partial charge >= 0.3 is 6.18 Å². The Morgan fingerprint density at radius 3 is 2.07 bits per heavy atom. The number of halogens is 6. The summed E-state index contributed by atoms with van der Waals surface area (Å²) < 4.78 is 68.1. The Balaban J connectivity index is 2.38. The molecule has 0 fully saturated rings. The predicted molar refractivity (Wildman–Crippen MR) is 99.9 cm³/mol. The minimum Gasteiger partial charge on any atom is -0.384 e. The number of aliphatic hydroxyl groups excluding tert-OH is 1. The lowest BCUT2D eigenvalue weighted by atomic mass is 9.87. The molecule has 2 nitrogen and oxygen atoms in total. The van der Waals surface area contributed by atoms with Gasteiger partial charge in [0, 0.05) is 10.6 Å². The molecule has 0 aliphatic heterocycles. The highest BCUT2D eigenvalue weighted by Gasteiger charge is 2.39. The SMILES string of the molecule is Cc1c(C(F)(F)F)nc(C(F)F)c(C(O)c2ccc(Cl)cc2)c1-c1ccccc1. The van der Waals surface area contributed by atoms with Gasteiger partial charge in [0.1, 0.15) is 17.5 Å². The van der Waals surface area contributed by atoms with E-state index in [1.54, 1.807) is 18.2 Å². The van der Waals surface area contributed by atoms with Crippen LogP contribution in [0.15, 0.2) is 54.6 Å². The third-order valence-electron chi connectivity index (χ3n) is 4.50. The fourth-order valence-corrected chi connectivity index (χ4v) is 3.35. The van der Waals surface area contributed by atoms with Crippen LogP contribution in [0, 0.1) is 6.92 Å². The molecule has 1 aromatic heterocycles. The van der Waals surface area contributed by atoms with Gasteiger partial charge in [-0.25, -0.2) is 13.8 Å². The molecule has 3 aromatic rings. The lowest BCUT2D eigenvalue weighted by molar-refractivity contribution is -0.141. The van der Waals surface area contributed by atoms with Crippen molar-refractivity contribution in [3.05, 3.63) is 87.7 Å². The first-order chi connectivity index (χ1) is 13.6. The Kier molecular flexibility index (Phi) is 5.91. The molecule has 152 valence electrons. The molecule has 29 heavy (non-hydrogen) atoms. The number of aromatic nitrogens is 1. The first kappa shape index (κ1) is 21.2. The minimum atomic E-state index is -4.93. The average molecular weight is 428 g/mol. The Bertz CT molecular complexity index is 1000. The Labute approximate surface area is 168 Å². The summed E-state index contributed by atoms with van der Waals surface area (Å²) in [7, 11) is 0. The molecule has 0 saturated carbocycles. The smallest absolute Gasteiger partial charge is 0.384 e. The zero-order valence-electron chi connectivity index (χ0n) is 15.0. The van der Waals surface area contributed by atoms with E-state index in [4.69, 9.17) is 11.6 Å². The van der Waals surface area contributed by atoms with Crippen molar-refractivity contribution >= 4 is 11.6 Å². The van der Waals surface area contributed by atoms with E-state index in [9.17, 15) is 27.1 Å². The highest BCUT2D eigenvalue weighted by Crippen LogP contribution is 2.43. The minimum absolute atomic E-state index is 0.120. The van der Waals surface area contributed by atoms with Gasteiger partial charge in [-0.1, -0.05) is 54.1 Å². The molecule has 8 heteroatoms. The van der Waals surface area contributed by atoms with Crippen LogP contribution in [0.5, 0.6) is 0 Å². The summed E-state index contributed by atoms with van der Waals surface area (Å²) in [5, 5.41) is 11.2. The van der Waals surface area contributed by atoms with Gasteiger partial charge in [-0.05, 0) is 41.3 Å². The molecular weight excluding hydrogens is 413 g/mol. The van der Waals surface area contributed by atoms with Crippen LogP contribution in [0.4, 0.5) is 22.0 Å². The number of aliphatic hydroxyl groups is 1. The largest absolute Gasteiger partial charge is 0.433 e. The number of benzene rings is 2. The van der Waals surface area contributed by atoms with Crippen molar-refractivity contribution < 1.29 is 27.1 Å². The second kappa shape index (κ2) is 8.08. The first-order valence-electron chi connectivity index (χ1n) is 8.50. The normalized spacial score (nSPS) is 13.0. The van der Waals surface area contributed by atoms with Crippen LogP contribution in [-0.4, -0.2) is 10.1 Å². The van der Waals surface area contributed by atoms with Crippen LogP contribution >= 0.6 is 11.6 Å². The van der Waals surface area contributed by atoms with Crippen molar-refractivity contribution in [3.63, 3.8) is 0 Å². The lowest BCUT2D eigenvalue weighted by Crippen LogP contribution is -2.18. The standard InChI is InChI=1S/C21H15ClF5NO/c1-11-15(12-5-3-2-4-6-12)16(18(29)13-7-9-14(22)10-8-13)17(20(23)24)28-19(11)21(25,26)27/h2-10,18,20,29H,1H3. The fraction of sp³-hybridized carbons (Fsp3) is 0.190. The van der Waals surface area contributed by atoms with Crippen molar-refractivity contribution in [2.75, 3.05) is 0 Å². The van der Waals surface area contributed by atoms with E-state index in [1.807, 2.05) is 0 Å². The summed E-state index contributed by atoms with van der Waals surface area (Å²) in [6.07, 6.45) is -9.88. The predicted octanol–water partition coefficient (Wildman–Crippen LogP) is 6.75. The molecule has 1 heterocycles. The van der Waals surface area contributed by atoms with Gasteiger partial charge in [0.05, 0.1) is 0 Å². The van der Waals surface area contributed by atoms with Crippen LogP contribution in [0.1, 0.15) is 40.6 Å². The van der Waals surface area contributed by atoms with Crippen LogP contribution < -0.4 is 0 Å². The van der Waals surface area contributed by atoms with E-state index in [0.717, 1.165) is 6.92 Å².